The van der Waals surface area contributed by atoms with E-state index in [2.05, 4.69) is 4.98 Å². The first-order valence-corrected chi connectivity index (χ1v) is 8.79. The second-order valence-electron chi connectivity index (χ2n) is 4.79. The van der Waals surface area contributed by atoms with E-state index in [1.807, 2.05) is 0 Å². The molecule has 1 heterocycles. The first-order chi connectivity index (χ1) is 11.3. The number of nitro benzene ring substituents is 1. The molecule has 0 radical (unpaired) electrons. The van der Waals surface area contributed by atoms with E-state index in [1.54, 1.807) is 0 Å². The molecule has 2 aromatic carbocycles. The summed E-state index contributed by atoms with van der Waals surface area (Å²) in [6.07, 6.45) is 1.36. The summed E-state index contributed by atoms with van der Waals surface area (Å²) in [7, 11) is -4.12. The summed E-state index contributed by atoms with van der Waals surface area (Å²) in [5.74, 6) is 0. The third-order valence-electron chi connectivity index (χ3n) is 3.38. The third-order valence-corrected chi connectivity index (χ3v) is 6.12. The molecule has 0 N–H and O–H groups in total. The number of fused-ring (bicyclic) bond motifs is 1. The number of nitrogens with zero attached hydrogens (tertiary/aromatic N) is 2. The zero-order valence-corrected chi connectivity index (χ0v) is 14.1. The Balaban J connectivity index is 2.39. The maximum Gasteiger partial charge on any atom is 0.278 e. The number of sulfone groups is 1. The Hall–Kier alpha value is -2.22. The van der Waals surface area contributed by atoms with E-state index in [1.165, 1.54) is 36.5 Å². The van der Waals surface area contributed by atoms with E-state index in [0.29, 0.717) is 0 Å². The van der Waals surface area contributed by atoms with Crippen molar-refractivity contribution in [1.82, 2.24) is 4.98 Å². The van der Waals surface area contributed by atoms with Gasteiger partial charge in [0.05, 0.1) is 30.8 Å². The first kappa shape index (κ1) is 16.6. The number of pyridine rings is 1. The van der Waals surface area contributed by atoms with Crippen LogP contribution in [0.5, 0.6) is 0 Å². The Bertz CT molecular complexity index is 1060. The predicted molar refractivity (Wildman–Crippen MR) is 90.3 cm³/mol. The molecule has 24 heavy (non-hydrogen) atoms. The molecule has 0 aliphatic heterocycles. The monoisotopic (exact) mass is 382 g/mol. The molecule has 122 valence electrons. The van der Waals surface area contributed by atoms with Crippen LogP contribution in [0.4, 0.5) is 5.69 Å². The van der Waals surface area contributed by atoms with E-state index in [9.17, 15) is 18.5 Å². The van der Waals surface area contributed by atoms with Crippen LogP contribution in [0.1, 0.15) is 0 Å². The van der Waals surface area contributed by atoms with Gasteiger partial charge in [-0.2, -0.15) is 0 Å². The molecule has 0 aliphatic rings. The number of hydrogen-bond donors (Lipinski definition) is 0. The summed E-state index contributed by atoms with van der Waals surface area (Å²) < 4.78 is 26.0. The summed E-state index contributed by atoms with van der Waals surface area (Å²) in [6.45, 7) is 0. The maximum atomic E-state index is 13.0. The number of aromatic nitrogens is 1. The summed E-state index contributed by atoms with van der Waals surface area (Å²) in [5, 5.41) is 11.2. The van der Waals surface area contributed by atoms with Crippen molar-refractivity contribution in [2.24, 2.45) is 0 Å². The summed E-state index contributed by atoms with van der Waals surface area (Å²) in [4.78, 5) is 14.1. The lowest BCUT2D eigenvalue weighted by atomic mass is 10.2. The van der Waals surface area contributed by atoms with Gasteiger partial charge in [0.15, 0.2) is 0 Å². The molecule has 1 aromatic heterocycles. The quantitative estimate of drug-likeness (QED) is 0.497. The van der Waals surface area contributed by atoms with E-state index in [4.69, 9.17) is 23.2 Å². The molecule has 0 bridgehead atoms. The van der Waals surface area contributed by atoms with Crippen molar-refractivity contribution in [3.63, 3.8) is 0 Å². The highest BCUT2D eigenvalue weighted by Crippen LogP contribution is 2.37. The Labute approximate surface area is 146 Å². The van der Waals surface area contributed by atoms with Crippen LogP contribution in [-0.4, -0.2) is 18.3 Å². The molecule has 0 amide bonds. The van der Waals surface area contributed by atoms with E-state index < -0.39 is 14.8 Å². The van der Waals surface area contributed by atoms with Gasteiger partial charge in [0.25, 0.3) is 5.69 Å². The smallest absolute Gasteiger partial charge is 0.258 e. The normalized spacial score (nSPS) is 11.6. The highest BCUT2D eigenvalue weighted by atomic mass is 35.5. The third kappa shape index (κ3) is 2.60. The minimum absolute atomic E-state index is 0.0114. The van der Waals surface area contributed by atoms with Crippen LogP contribution >= 0.6 is 23.2 Å². The molecule has 9 heteroatoms. The highest BCUT2D eigenvalue weighted by molar-refractivity contribution is 7.92. The summed E-state index contributed by atoms with van der Waals surface area (Å²) in [5.41, 5.74) is -0.245. The number of halogens is 2. The Morgan fingerprint density at radius 2 is 1.67 bits per heavy atom. The van der Waals surface area contributed by atoms with Crippen molar-refractivity contribution in [2.45, 2.75) is 9.79 Å². The molecule has 0 unspecified atom stereocenters. The minimum atomic E-state index is -4.12. The van der Waals surface area contributed by atoms with Gasteiger partial charge in [-0.1, -0.05) is 29.3 Å². The number of hydrogen-bond acceptors (Lipinski definition) is 5. The number of non-ortho nitro benzene ring substituents is 1. The van der Waals surface area contributed by atoms with Gasteiger partial charge in [-0.15, -0.1) is 0 Å². The van der Waals surface area contributed by atoms with Gasteiger partial charge < -0.3 is 0 Å². The Kier molecular flexibility index (Phi) is 4.16. The van der Waals surface area contributed by atoms with Crippen molar-refractivity contribution in [1.29, 1.82) is 0 Å². The van der Waals surface area contributed by atoms with Crippen molar-refractivity contribution < 1.29 is 13.3 Å². The van der Waals surface area contributed by atoms with Crippen molar-refractivity contribution in [2.75, 3.05) is 0 Å². The number of nitro groups is 1. The van der Waals surface area contributed by atoms with Crippen molar-refractivity contribution in [3.8, 4) is 0 Å². The fourth-order valence-corrected chi connectivity index (χ4v) is 4.90. The summed E-state index contributed by atoms with van der Waals surface area (Å²) >= 11 is 12.0. The molecule has 0 saturated heterocycles. The molecular weight excluding hydrogens is 375 g/mol. The lowest BCUT2D eigenvalue weighted by Crippen LogP contribution is -2.06. The molecule has 0 spiro atoms. The number of rotatable bonds is 3. The van der Waals surface area contributed by atoms with Crippen LogP contribution in [0, 0.1) is 10.1 Å². The first-order valence-electron chi connectivity index (χ1n) is 6.55. The van der Waals surface area contributed by atoms with Crippen molar-refractivity contribution in [3.05, 3.63) is 68.8 Å². The fourth-order valence-electron chi connectivity index (χ4n) is 2.36. The minimum Gasteiger partial charge on any atom is -0.258 e. The average Bonchev–Trinajstić information content (AvgIpc) is 2.53. The molecule has 0 saturated carbocycles. The van der Waals surface area contributed by atoms with Gasteiger partial charge in [0, 0.05) is 12.3 Å². The van der Waals surface area contributed by atoms with Gasteiger partial charge in [0.2, 0.25) is 9.84 Å². The van der Waals surface area contributed by atoms with Crippen molar-refractivity contribution >= 4 is 49.6 Å². The summed E-state index contributed by atoms with van der Waals surface area (Å²) in [6, 6.07) is 9.53. The molecular formula is C15H8Cl2N2O4S. The predicted octanol–water partition coefficient (Wildman–Crippen LogP) is 4.28. The Morgan fingerprint density at radius 1 is 1.00 bits per heavy atom. The zero-order chi connectivity index (χ0) is 17.5. The lowest BCUT2D eigenvalue weighted by Gasteiger charge is -2.10. The second-order valence-corrected chi connectivity index (χ2v) is 7.46. The number of benzene rings is 2. The lowest BCUT2D eigenvalue weighted by molar-refractivity contribution is -0.383. The SMILES string of the molecule is O=[N+]([O-])c1ccc(S(=O)(=O)c2c(Cl)cccc2Cl)c2ncccc12. The van der Waals surface area contributed by atoms with Crippen LogP contribution in [-0.2, 0) is 9.84 Å². The average molecular weight is 383 g/mol. The molecule has 0 aliphatic carbocycles. The van der Waals surface area contributed by atoms with Gasteiger partial charge in [-0.05, 0) is 30.3 Å². The van der Waals surface area contributed by atoms with E-state index >= 15 is 0 Å². The highest BCUT2D eigenvalue weighted by Gasteiger charge is 2.28. The van der Waals surface area contributed by atoms with E-state index in [0.717, 1.165) is 12.1 Å². The molecule has 3 rings (SSSR count). The maximum absolute atomic E-state index is 13.0. The van der Waals surface area contributed by atoms with Crippen LogP contribution in [0.2, 0.25) is 10.0 Å². The largest absolute Gasteiger partial charge is 0.278 e. The standard InChI is InChI=1S/C15H8Cl2N2O4S/c16-10-4-1-5-11(17)15(10)24(22,23)13-7-6-12(19(20)21)9-3-2-8-18-14(9)13/h1-8H. The fraction of sp³-hybridized carbons (Fsp3) is 0. The molecule has 0 fully saturated rings. The zero-order valence-electron chi connectivity index (χ0n) is 11.8. The van der Waals surface area contributed by atoms with E-state index in [-0.39, 0.29) is 36.4 Å². The Morgan fingerprint density at radius 3 is 2.29 bits per heavy atom. The second kappa shape index (κ2) is 6.01. The van der Waals surface area contributed by atoms with Gasteiger partial charge >= 0.3 is 0 Å². The molecule has 6 nitrogen and oxygen atoms in total. The molecule has 0 atom stereocenters. The van der Waals surface area contributed by atoms with Gasteiger partial charge in [-0.25, -0.2) is 8.42 Å². The van der Waals surface area contributed by atoms with Crippen LogP contribution in [0.15, 0.2) is 58.5 Å². The van der Waals surface area contributed by atoms with Gasteiger partial charge in [0.1, 0.15) is 4.90 Å². The van der Waals surface area contributed by atoms with Gasteiger partial charge in [-0.3, -0.25) is 15.1 Å². The van der Waals surface area contributed by atoms with Crippen LogP contribution < -0.4 is 0 Å². The molecule has 3 aromatic rings. The van der Waals surface area contributed by atoms with Crippen LogP contribution in [0.3, 0.4) is 0 Å². The topological polar surface area (TPSA) is 90.2 Å². The van der Waals surface area contributed by atoms with Crippen LogP contribution in [0.25, 0.3) is 10.9 Å².